The van der Waals surface area contributed by atoms with Crippen molar-refractivity contribution in [1.82, 2.24) is 0 Å². The van der Waals surface area contributed by atoms with E-state index in [0.29, 0.717) is 16.8 Å². The molecule has 0 saturated carbocycles. The molecule has 0 unspecified atom stereocenters. The monoisotopic (exact) mass is 215 g/mol. The molecule has 0 aliphatic carbocycles. The summed E-state index contributed by atoms with van der Waals surface area (Å²) in [4.78, 5) is 11.9. The summed E-state index contributed by atoms with van der Waals surface area (Å²) in [6.45, 7) is 5.58. The lowest BCUT2D eigenvalue weighted by atomic mass is 10.0. The summed E-state index contributed by atoms with van der Waals surface area (Å²) in [6.07, 6.45) is 3.49. The van der Waals surface area contributed by atoms with Crippen LogP contribution in [0.3, 0.4) is 0 Å². The van der Waals surface area contributed by atoms with E-state index in [1.807, 2.05) is 31.2 Å². The maximum atomic E-state index is 11.9. The quantitative estimate of drug-likeness (QED) is 0.478. The first-order valence-electron chi connectivity index (χ1n) is 5.22. The first kappa shape index (κ1) is 12.2. The molecule has 0 atom stereocenters. The summed E-state index contributed by atoms with van der Waals surface area (Å²) in [5.41, 5.74) is 8.74. The standard InChI is InChI=1S/C14H17NO/c1-10-4-8-13(9-5-10)14(16)11(2)6-7-12(3)15/h4-9H,15H2,1-3H3/b11-6+,12-7+. The molecule has 0 aromatic heterocycles. The van der Waals surface area contributed by atoms with E-state index in [0.717, 1.165) is 5.56 Å². The van der Waals surface area contributed by atoms with Gasteiger partial charge in [-0.05, 0) is 32.4 Å². The normalized spacial score (nSPS) is 12.7. The van der Waals surface area contributed by atoms with E-state index in [4.69, 9.17) is 5.73 Å². The molecule has 0 radical (unpaired) electrons. The Hall–Kier alpha value is -1.83. The van der Waals surface area contributed by atoms with E-state index < -0.39 is 0 Å². The molecule has 0 heterocycles. The highest BCUT2D eigenvalue weighted by atomic mass is 16.1. The minimum absolute atomic E-state index is 0.0394. The lowest BCUT2D eigenvalue weighted by Gasteiger charge is -2.01. The maximum Gasteiger partial charge on any atom is 0.188 e. The predicted molar refractivity (Wildman–Crippen MR) is 67.2 cm³/mol. The zero-order valence-corrected chi connectivity index (χ0v) is 9.95. The average molecular weight is 215 g/mol. The number of benzene rings is 1. The summed E-state index contributed by atoms with van der Waals surface area (Å²) in [7, 11) is 0. The van der Waals surface area contributed by atoms with E-state index in [1.54, 1.807) is 26.0 Å². The van der Waals surface area contributed by atoms with Crippen LogP contribution in [0.15, 0.2) is 47.7 Å². The first-order chi connectivity index (χ1) is 7.50. The molecular weight excluding hydrogens is 198 g/mol. The highest BCUT2D eigenvalue weighted by molar-refractivity contribution is 6.08. The van der Waals surface area contributed by atoms with Gasteiger partial charge in [-0.1, -0.05) is 35.9 Å². The van der Waals surface area contributed by atoms with Crippen molar-refractivity contribution in [2.75, 3.05) is 0 Å². The fraction of sp³-hybridized carbons (Fsp3) is 0.214. The molecule has 0 aliphatic rings. The zero-order valence-electron chi connectivity index (χ0n) is 9.95. The summed E-state index contributed by atoms with van der Waals surface area (Å²) in [6, 6.07) is 7.55. The lowest BCUT2D eigenvalue weighted by molar-refractivity contribution is 0.103. The summed E-state index contributed by atoms with van der Waals surface area (Å²) in [5.74, 6) is 0.0394. The topological polar surface area (TPSA) is 43.1 Å². The highest BCUT2D eigenvalue weighted by Gasteiger charge is 2.06. The van der Waals surface area contributed by atoms with Gasteiger partial charge >= 0.3 is 0 Å². The first-order valence-corrected chi connectivity index (χ1v) is 5.22. The Morgan fingerprint density at radius 3 is 2.19 bits per heavy atom. The molecule has 0 fully saturated rings. The summed E-state index contributed by atoms with van der Waals surface area (Å²) < 4.78 is 0. The number of carbonyl (C=O) groups excluding carboxylic acids is 1. The minimum atomic E-state index is 0.0394. The van der Waals surface area contributed by atoms with Crippen molar-refractivity contribution < 1.29 is 4.79 Å². The number of allylic oxidation sites excluding steroid dienone is 4. The second kappa shape index (κ2) is 5.31. The van der Waals surface area contributed by atoms with Crippen LogP contribution in [0.2, 0.25) is 0 Å². The van der Waals surface area contributed by atoms with Gasteiger partial charge in [0, 0.05) is 11.3 Å². The largest absolute Gasteiger partial charge is 0.402 e. The van der Waals surface area contributed by atoms with Gasteiger partial charge in [0.1, 0.15) is 0 Å². The molecule has 1 rings (SSSR count). The third-order valence-electron chi connectivity index (χ3n) is 2.27. The van der Waals surface area contributed by atoms with Crippen molar-refractivity contribution in [1.29, 1.82) is 0 Å². The van der Waals surface area contributed by atoms with Gasteiger partial charge < -0.3 is 5.73 Å². The number of hydrogen-bond acceptors (Lipinski definition) is 2. The molecule has 0 bridgehead atoms. The second-order valence-corrected chi connectivity index (χ2v) is 3.96. The van der Waals surface area contributed by atoms with Gasteiger partial charge in [0.05, 0.1) is 0 Å². The number of nitrogens with two attached hydrogens (primary N) is 1. The molecule has 0 saturated heterocycles. The molecule has 84 valence electrons. The Bertz CT molecular complexity index is 434. The van der Waals surface area contributed by atoms with Crippen molar-refractivity contribution in [2.24, 2.45) is 5.73 Å². The van der Waals surface area contributed by atoms with Crippen molar-refractivity contribution in [2.45, 2.75) is 20.8 Å². The summed E-state index contributed by atoms with van der Waals surface area (Å²) >= 11 is 0. The van der Waals surface area contributed by atoms with Crippen LogP contribution in [0.25, 0.3) is 0 Å². The summed E-state index contributed by atoms with van der Waals surface area (Å²) in [5, 5.41) is 0. The van der Waals surface area contributed by atoms with E-state index in [9.17, 15) is 4.79 Å². The Morgan fingerprint density at radius 1 is 1.12 bits per heavy atom. The van der Waals surface area contributed by atoms with Crippen LogP contribution in [0.5, 0.6) is 0 Å². The van der Waals surface area contributed by atoms with E-state index in [1.165, 1.54) is 0 Å². The van der Waals surface area contributed by atoms with E-state index >= 15 is 0 Å². The Labute approximate surface area is 96.5 Å². The second-order valence-electron chi connectivity index (χ2n) is 3.96. The van der Waals surface area contributed by atoms with E-state index in [2.05, 4.69) is 0 Å². The molecule has 1 aromatic rings. The van der Waals surface area contributed by atoms with Crippen LogP contribution < -0.4 is 5.73 Å². The molecule has 0 aliphatic heterocycles. The minimum Gasteiger partial charge on any atom is -0.402 e. The van der Waals surface area contributed by atoms with Crippen LogP contribution in [0.1, 0.15) is 29.8 Å². The fourth-order valence-electron chi connectivity index (χ4n) is 1.26. The number of hydrogen-bond donors (Lipinski definition) is 1. The van der Waals surface area contributed by atoms with Crippen molar-refractivity contribution in [3.05, 3.63) is 58.8 Å². The van der Waals surface area contributed by atoms with Gasteiger partial charge in [-0.2, -0.15) is 0 Å². The number of Topliss-reactive ketones (excluding diaryl/α,β-unsaturated/α-hetero) is 1. The molecular formula is C14H17NO. The van der Waals surface area contributed by atoms with Crippen LogP contribution in [-0.2, 0) is 0 Å². The van der Waals surface area contributed by atoms with Crippen molar-refractivity contribution in [3.63, 3.8) is 0 Å². The van der Waals surface area contributed by atoms with Crippen molar-refractivity contribution >= 4 is 5.78 Å². The van der Waals surface area contributed by atoms with Gasteiger partial charge in [0.15, 0.2) is 5.78 Å². The molecule has 16 heavy (non-hydrogen) atoms. The molecule has 0 amide bonds. The van der Waals surface area contributed by atoms with E-state index in [-0.39, 0.29) is 5.78 Å². The van der Waals surface area contributed by atoms with Gasteiger partial charge in [-0.15, -0.1) is 0 Å². The lowest BCUT2D eigenvalue weighted by Crippen LogP contribution is -2.00. The number of rotatable bonds is 3. The van der Waals surface area contributed by atoms with Gasteiger partial charge in [-0.25, -0.2) is 0 Å². The Kier molecular flexibility index (Phi) is 4.06. The maximum absolute atomic E-state index is 11.9. The van der Waals surface area contributed by atoms with Crippen LogP contribution in [0, 0.1) is 6.92 Å². The van der Waals surface area contributed by atoms with Crippen molar-refractivity contribution in [3.8, 4) is 0 Å². The molecule has 2 N–H and O–H groups in total. The van der Waals surface area contributed by atoms with Crippen LogP contribution in [0.4, 0.5) is 0 Å². The smallest absolute Gasteiger partial charge is 0.188 e. The number of aryl methyl sites for hydroxylation is 1. The van der Waals surface area contributed by atoms with Gasteiger partial charge in [0.25, 0.3) is 0 Å². The van der Waals surface area contributed by atoms with Gasteiger partial charge in [0.2, 0.25) is 0 Å². The molecule has 1 aromatic carbocycles. The third-order valence-corrected chi connectivity index (χ3v) is 2.27. The fourth-order valence-corrected chi connectivity index (χ4v) is 1.26. The zero-order chi connectivity index (χ0) is 12.1. The average Bonchev–Trinajstić information content (AvgIpc) is 2.26. The highest BCUT2D eigenvalue weighted by Crippen LogP contribution is 2.09. The molecule has 2 heteroatoms. The third kappa shape index (κ3) is 3.39. The van der Waals surface area contributed by atoms with Crippen LogP contribution in [-0.4, -0.2) is 5.78 Å². The Balaban J connectivity index is 2.90. The molecule has 0 spiro atoms. The SMILES string of the molecule is C/C(N)=C\C=C(/C)C(=O)c1ccc(C)cc1. The molecule has 2 nitrogen and oxygen atoms in total. The predicted octanol–water partition coefficient (Wildman–Crippen LogP) is 2.99. The number of carbonyl (C=O) groups is 1. The Morgan fingerprint density at radius 2 is 1.69 bits per heavy atom. The van der Waals surface area contributed by atoms with Gasteiger partial charge in [-0.3, -0.25) is 4.79 Å². The number of ketones is 1. The van der Waals surface area contributed by atoms with Crippen LogP contribution >= 0.6 is 0 Å².